The van der Waals surface area contributed by atoms with Gasteiger partial charge < -0.3 is 9.88 Å². The number of fused-ring (bicyclic) bond motifs is 1. The van der Waals surface area contributed by atoms with Crippen LogP contribution in [0.1, 0.15) is 22.6 Å². The first-order valence-electron chi connectivity index (χ1n) is 8.10. The van der Waals surface area contributed by atoms with E-state index in [9.17, 15) is 13.6 Å². The second kappa shape index (κ2) is 6.94. The highest BCUT2D eigenvalue weighted by Crippen LogP contribution is 2.33. The number of rotatable bonds is 5. The number of aromatic nitrogens is 5. The molecule has 1 amide bonds. The third-order valence-electron chi connectivity index (χ3n) is 4.16. The summed E-state index contributed by atoms with van der Waals surface area (Å²) in [7, 11) is 0. The molecule has 0 spiro atoms. The molecule has 0 aliphatic heterocycles. The topological polar surface area (TPSA) is 88.5 Å². The Bertz CT molecular complexity index is 1090. The summed E-state index contributed by atoms with van der Waals surface area (Å²) in [5, 5.41) is 9.60. The van der Waals surface area contributed by atoms with Crippen LogP contribution in [0.15, 0.2) is 55.0 Å². The lowest BCUT2D eigenvalue weighted by Crippen LogP contribution is -2.27. The third kappa shape index (κ3) is 3.14. The lowest BCUT2D eigenvalue weighted by Gasteiger charge is -2.14. The van der Waals surface area contributed by atoms with E-state index in [2.05, 4.69) is 25.5 Å². The number of hydrogen-bond acceptors (Lipinski definition) is 4. The Morgan fingerprint density at radius 2 is 2.04 bits per heavy atom. The first-order chi connectivity index (χ1) is 13.1. The lowest BCUT2D eigenvalue weighted by molar-refractivity contribution is 0.0933. The van der Waals surface area contributed by atoms with Crippen LogP contribution in [0.2, 0.25) is 0 Å². The maximum absolute atomic E-state index is 13.5. The van der Waals surface area contributed by atoms with Crippen LogP contribution in [0, 0.1) is 0 Å². The molecule has 0 unspecified atom stereocenters. The molecule has 9 heteroatoms. The number of nitrogens with zero attached hydrogens (tertiary/aromatic N) is 4. The maximum atomic E-state index is 13.5. The molecule has 3 heterocycles. The van der Waals surface area contributed by atoms with Gasteiger partial charge in [0.2, 0.25) is 5.82 Å². The van der Waals surface area contributed by atoms with Crippen LogP contribution in [0.4, 0.5) is 8.78 Å². The maximum Gasteiger partial charge on any atom is 0.289 e. The Morgan fingerprint density at radius 1 is 1.19 bits per heavy atom. The van der Waals surface area contributed by atoms with Gasteiger partial charge in [-0.25, -0.2) is 18.7 Å². The number of amides is 1. The number of carbonyl (C=O) groups excluding carboxylic acids is 1. The van der Waals surface area contributed by atoms with Gasteiger partial charge >= 0.3 is 0 Å². The van der Waals surface area contributed by atoms with Gasteiger partial charge in [0.05, 0.1) is 12.4 Å². The zero-order valence-electron chi connectivity index (χ0n) is 13.9. The SMILES string of the molecule is O=C(NCn1c(-c2ccccc2C(F)F)cc2cccnc21)c1ncn[nH]1. The van der Waals surface area contributed by atoms with Gasteiger partial charge in [-0.05, 0) is 18.2 Å². The summed E-state index contributed by atoms with van der Waals surface area (Å²) >= 11 is 0. The molecule has 4 aromatic rings. The predicted octanol–water partition coefficient (Wildman–Crippen LogP) is 3.15. The number of halogens is 2. The van der Waals surface area contributed by atoms with Crippen molar-refractivity contribution in [1.29, 1.82) is 0 Å². The van der Waals surface area contributed by atoms with Crippen molar-refractivity contribution in [3.63, 3.8) is 0 Å². The second-order valence-corrected chi connectivity index (χ2v) is 5.76. The van der Waals surface area contributed by atoms with Gasteiger partial charge in [0.15, 0.2) is 0 Å². The van der Waals surface area contributed by atoms with Gasteiger partial charge in [0.1, 0.15) is 12.0 Å². The Hall–Kier alpha value is -3.62. The quantitative estimate of drug-likeness (QED) is 0.566. The average Bonchev–Trinajstić information content (AvgIpc) is 3.34. The minimum atomic E-state index is -2.62. The van der Waals surface area contributed by atoms with Gasteiger partial charge in [-0.1, -0.05) is 24.3 Å². The monoisotopic (exact) mass is 368 g/mol. The number of carbonyl (C=O) groups is 1. The number of H-pyrrole nitrogens is 1. The van der Waals surface area contributed by atoms with E-state index in [0.29, 0.717) is 16.9 Å². The fraction of sp³-hybridized carbons (Fsp3) is 0.111. The van der Waals surface area contributed by atoms with Crippen LogP contribution >= 0.6 is 0 Å². The molecular weight excluding hydrogens is 354 g/mol. The molecule has 1 aromatic carbocycles. The molecule has 136 valence electrons. The number of aromatic amines is 1. The van der Waals surface area contributed by atoms with Crippen LogP contribution in [-0.2, 0) is 6.67 Å². The lowest BCUT2D eigenvalue weighted by atomic mass is 10.0. The van der Waals surface area contributed by atoms with Crippen molar-refractivity contribution in [2.24, 2.45) is 0 Å². The molecule has 0 saturated carbocycles. The Kier molecular flexibility index (Phi) is 4.33. The number of hydrogen-bond donors (Lipinski definition) is 2. The molecule has 0 aliphatic rings. The zero-order valence-corrected chi connectivity index (χ0v) is 13.9. The summed E-state index contributed by atoms with van der Waals surface area (Å²) < 4.78 is 28.7. The number of alkyl halides is 2. The minimum absolute atomic E-state index is 0.0347. The van der Waals surface area contributed by atoms with E-state index in [-0.39, 0.29) is 18.1 Å². The molecule has 4 rings (SSSR count). The van der Waals surface area contributed by atoms with Crippen molar-refractivity contribution in [2.75, 3.05) is 0 Å². The number of pyridine rings is 1. The standard InChI is InChI=1S/C18H14F2N6O/c19-15(20)13-6-2-1-5-12(13)14-8-11-4-3-7-21-17(11)26(14)10-23-18(27)16-22-9-24-25-16/h1-9,15H,10H2,(H,23,27)(H,22,24,25). The summed E-state index contributed by atoms with van der Waals surface area (Å²) in [6.07, 6.45) is 0.218. The highest BCUT2D eigenvalue weighted by Gasteiger charge is 2.19. The van der Waals surface area contributed by atoms with Crippen molar-refractivity contribution in [2.45, 2.75) is 13.1 Å². The van der Waals surface area contributed by atoms with Crippen LogP contribution < -0.4 is 5.32 Å². The number of nitrogens with one attached hydrogen (secondary N) is 2. The Balaban J connectivity index is 1.77. The Morgan fingerprint density at radius 3 is 2.81 bits per heavy atom. The summed E-state index contributed by atoms with van der Waals surface area (Å²) in [6, 6.07) is 11.7. The summed E-state index contributed by atoms with van der Waals surface area (Å²) in [5.74, 6) is -0.396. The molecule has 2 N–H and O–H groups in total. The fourth-order valence-corrected chi connectivity index (χ4v) is 2.94. The van der Waals surface area contributed by atoms with E-state index in [1.165, 1.54) is 12.4 Å². The molecule has 7 nitrogen and oxygen atoms in total. The molecule has 0 radical (unpaired) electrons. The van der Waals surface area contributed by atoms with Gasteiger partial charge in [-0.15, -0.1) is 0 Å². The van der Waals surface area contributed by atoms with Crippen LogP contribution in [0.5, 0.6) is 0 Å². The predicted molar refractivity (Wildman–Crippen MR) is 94.0 cm³/mol. The highest BCUT2D eigenvalue weighted by molar-refractivity contribution is 5.90. The first-order valence-corrected chi connectivity index (χ1v) is 8.10. The summed E-state index contributed by atoms with van der Waals surface area (Å²) in [6.45, 7) is 0.0347. The van der Waals surface area contributed by atoms with E-state index in [4.69, 9.17) is 0 Å². The van der Waals surface area contributed by atoms with Crippen LogP contribution in [0.25, 0.3) is 22.3 Å². The largest absolute Gasteiger partial charge is 0.331 e. The van der Waals surface area contributed by atoms with E-state index in [1.807, 2.05) is 6.07 Å². The smallest absolute Gasteiger partial charge is 0.289 e. The van der Waals surface area contributed by atoms with Crippen molar-refractivity contribution in [3.05, 3.63) is 66.4 Å². The molecule has 0 atom stereocenters. The van der Waals surface area contributed by atoms with Crippen molar-refractivity contribution >= 4 is 16.9 Å². The average molecular weight is 368 g/mol. The second-order valence-electron chi connectivity index (χ2n) is 5.76. The first kappa shape index (κ1) is 16.8. The fourth-order valence-electron chi connectivity index (χ4n) is 2.94. The molecule has 0 saturated heterocycles. The summed E-state index contributed by atoms with van der Waals surface area (Å²) in [4.78, 5) is 20.3. The van der Waals surface area contributed by atoms with Gasteiger partial charge in [-0.2, -0.15) is 5.10 Å². The molecule has 0 bridgehead atoms. The van der Waals surface area contributed by atoms with E-state index >= 15 is 0 Å². The Labute approximate surface area is 152 Å². The molecule has 0 fully saturated rings. The van der Waals surface area contributed by atoms with E-state index < -0.39 is 12.3 Å². The molecule has 27 heavy (non-hydrogen) atoms. The number of benzene rings is 1. The van der Waals surface area contributed by atoms with Gasteiger partial charge in [0.25, 0.3) is 12.3 Å². The van der Waals surface area contributed by atoms with Crippen LogP contribution in [0.3, 0.4) is 0 Å². The van der Waals surface area contributed by atoms with Crippen molar-refractivity contribution in [1.82, 2.24) is 30.0 Å². The minimum Gasteiger partial charge on any atom is -0.331 e. The highest BCUT2D eigenvalue weighted by atomic mass is 19.3. The molecule has 3 aromatic heterocycles. The van der Waals surface area contributed by atoms with Crippen molar-refractivity contribution < 1.29 is 13.6 Å². The molecule has 0 aliphatic carbocycles. The third-order valence-corrected chi connectivity index (χ3v) is 4.16. The van der Waals surface area contributed by atoms with Crippen molar-refractivity contribution in [3.8, 4) is 11.3 Å². The zero-order chi connectivity index (χ0) is 18.8. The summed E-state index contributed by atoms with van der Waals surface area (Å²) in [5.41, 5.74) is 1.43. The van der Waals surface area contributed by atoms with Crippen LogP contribution in [-0.4, -0.2) is 30.6 Å². The molecular formula is C18H14F2N6O. The van der Waals surface area contributed by atoms with Gasteiger partial charge in [-0.3, -0.25) is 9.89 Å². The van der Waals surface area contributed by atoms with Gasteiger partial charge in [0, 0.05) is 22.7 Å². The normalized spacial score (nSPS) is 11.2. The van der Waals surface area contributed by atoms with E-state index in [0.717, 1.165) is 5.39 Å². The van der Waals surface area contributed by atoms with E-state index in [1.54, 1.807) is 41.1 Å².